The molecule has 0 aromatic carbocycles. The first-order chi connectivity index (χ1) is 28.0. The standard InChI is InChI=1S/C51H91NO5/c1-4-7-10-13-16-19-22-24-25-26-27-29-32-35-38-41-44-51(56)57-47(42-39-36-33-30-21-18-15-12-9-6-3)45-50(55)52-48(46-53)49(54)43-40-37-34-31-28-23-20-17-14-11-8-5-2/h7,10,16,19,24-25,27,29,35,38,47-49,53-54H,4-6,8-9,11-15,17-18,20-23,26,28,30-34,36-37,39-46H2,1-3H3,(H,52,55)/b10-7+,19-16+,25-24+,29-27+,38-35+. The highest BCUT2D eigenvalue weighted by molar-refractivity contribution is 5.77. The molecule has 3 N–H and O–H groups in total. The molecule has 0 radical (unpaired) electrons. The van der Waals surface area contributed by atoms with Crippen molar-refractivity contribution in [1.29, 1.82) is 0 Å². The Morgan fingerprint density at radius 3 is 1.33 bits per heavy atom. The third-order valence-electron chi connectivity index (χ3n) is 10.6. The lowest BCUT2D eigenvalue weighted by Gasteiger charge is -2.24. The van der Waals surface area contributed by atoms with Crippen molar-refractivity contribution in [2.75, 3.05) is 6.61 Å². The average Bonchev–Trinajstić information content (AvgIpc) is 3.20. The van der Waals surface area contributed by atoms with Crippen molar-refractivity contribution in [2.24, 2.45) is 0 Å². The van der Waals surface area contributed by atoms with Crippen LogP contribution in [0.5, 0.6) is 0 Å². The van der Waals surface area contributed by atoms with Crippen molar-refractivity contribution < 1.29 is 24.5 Å². The van der Waals surface area contributed by atoms with Gasteiger partial charge in [0.15, 0.2) is 0 Å². The van der Waals surface area contributed by atoms with Gasteiger partial charge in [-0.05, 0) is 57.8 Å². The van der Waals surface area contributed by atoms with Crippen LogP contribution in [-0.2, 0) is 14.3 Å². The largest absolute Gasteiger partial charge is 0.462 e. The van der Waals surface area contributed by atoms with E-state index in [1.54, 1.807) is 0 Å². The number of nitrogens with one attached hydrogen (secondary N) is 1. The lowest BCUT2D eigenvalue weighted by molar-refractivity contribution is -0.150. The third kappa shape index (κ3) is 40.1. The lowest BCUT2D eigenvalue weighted by Crippen LogP contribution is -2.46. The Balaban J connectivity index is 4.65. The number of allylic oxidation sites excluding steroid dienone is 10. The molecule has 0 aromatic rings. The van der Waals surface area contributed by atoms with Crippen LogP contribution in [0.25, 0.3) is 0 Å². The van der Waals surface area contributed by atoms with Crippen LogP contribution in [0.3, 0.4) is 0 Å². The minimum Gasteiger partial charge on any atom is -0.462 e. The van der Waals surface area contributed by atoms with E-state index >= 15 is 0 Å². The number of aliphatic hydroxyl groups is 2. The van der Waals surface area contributed by atoms with Gasteiger partial charge in [0.2, 0.25) is 5.91 Å². The molecule has 0 spiro atoms. The van der Waals surface area contributed by atoms with E-state index in [-0.39, 0.29) is 31.3 Å². The van der Waals surface area contributed by atoms with Crippen LogP contribution < -0.4 is 5.32 Å². The molecule has 3 atom stereocenters. The Labute approximate surface area is 352 Å². The van der Waals surface area contributed by atoms with E-state index in [0.717, 1.165) is 70.6 Å². The van der Waals surface area contributed by atoms with Gasteiger partial charge in [-0.15, -0.1) is 0 Å². The summed E-state index contributed by atoms with van der Waals surface area (Å²) in [6.45, 7) is 6.33. The topological polar surface area (TPSA) is 95.9 Å². The Hall–Kier alpha value is -2.44. The van der Waals surface area contributed by atoms with E-state index < -0.39 is 18.2 Å². The number of carbonyl (C=O) groups excluding carboxylic acids is 2. The summed E-state index contributed by atoms with van der Waals surface area (Å²) in [5.74, 6) is -0.572. The zero-order valence-electron chi connectivity index (χ0n) is 37.5. The van der Waals surface area contributed by atoms with Crippen molar-refractivity contribution in [3.05, 3.63) is 60.8 Å². The number of rotatable bonds is 42. The number of carbonyl (C=O) groups is 2. The fourth-order valence-corrected chi connectivity index (χ4v) is 7.01. The molecule has 3 unspecified atom stereocenters. The monoisotopic (exact) mass is 798 g/mol. The van der Waals surface area contributed by atoms with Gasteiger partial charge in [-0.3, -0.25) is 9.59 Å². The summed E-state index contributed by atoms with van der Waals surface area (Å²) < 4.78 is 5.86. The Kier molecular flexibility index (Phi) is 42.7. The van der Waals surface area contributed by atoms with Crippen LogP contribution in [0.2, 0.25) is 0 Å². The predicted octanol–water partition coefficient (Wildman–Crippen LogP) is 14.1. The smallest absolute Gasteiger partial charge is 0.306 e. The van der Waals surface area contributed by atoms with Crippen LogP contribution in [0.15, 0.2) is 60.8 Å². The van der Waals surface area contributed by atoms with Gasteiger partial charge in [0.1, 0.15) is 6.10 Å². The number of hydrogen-bond acceptors (Lipinski definition) is 5. The van der Waals surface area contributed by atoms with E-state index in [0.29, 0.717) is 19.3 Å². The molecular formula is C51H91NO5. The predicted molar refractivity (Wildman–Crippen MR) is 245 cm³/mol. The number of aliphatic hydroxyl groups excluding tert-OH is 2. The molecule has 0 saturated carbocycles. The molecule has 0 aliphatic rings. The maximum absolute atomic E-state index is 13.1. The summed E-state index contributed by atoms with van der Waals surface area (Å²) in [5.41, 5.74) is 0. The van der Waals surface area contributed by atoms with Gasteiger partial charge in [0, 0.05) is 6.42 Å². The van der Waals surface area contributed by atoms with E-state index in [9.17, 15) is 19.8 Å². The first-order valence-corrected chi connectivity index (χ1v) is 24.0. The maximum Gasteiger partial charge on any atom is 0.306 e. The molecule has 0 aromatic heterocycles. The summed E-state index contributed by atoms with van der Waals surface area (Å²) >= 11 is 0. The molecule has 0 bridgehead atoms. The molecule has 330 valence electrons. The fraction of sp³-hybridized carbons (Fsp3) is 0.765. The summed E-state index contributed by atoms with van der Waals surface area (Å²) in [7, 11) is 0. The van der Waals surface area contributed by atoms with Crippen molar-refractivity contribution in [3.63, 3.8) is 0 Å². The Morgan fingerprint density at radius 2 is 0.912 bits per heavy atom. The van der Waals surface area contributed by atoms with Crippen molar-refractivity contribution in [3.8, 4) is 0 Å². The summed E-state index contributed by atoms with van der Waals surface area (Å²) in [5, 5.41) is 23.7. The van der Waals surface area contributed by atoms with Crippen LogP contribution in [0.4, 0.5) is 0 Å². The second-order valence-corrected chi connectivity index (χ2v) is 16.1. The molecule has 0 fully saturated rings. The number of ether oxygens (including phenoxy) is 1. The molecule has 1 amide bonds. The van der Waals surface area contributed by atoms with Crippen LogP contribution in [0.1, 0.15) is 226 Å². The van der Waals surface area contributed by atoms with Crippen molar-refractivity contribution in [1.82, 2.24) is 5.32 Å². The highest BCUT2D eigenvalue weighted by Crippen LogP contribution is 2.17. The molecular weight excluding hydrogens is 707 g/mol. The molecule has 0 aliphatic carbocycles. The van der Waals surface area contributed by atoms with E-state index in [1.807, 2.05) is 6.08 Å². The lowest BCUT2D eigenvalue weighted by atomic mass is 10.0. The van der Waals surface area contributed by atoms with Gasteiger partial charge in [-0.25, -0.2) is 0 Å². The minimum atomic E-state index is -0.798. The van der Waals surface area contributed by atoms with Crippen LogP contribution in [0, 0.1) is 0 Å². The molecule has 6 heteroatoms. The van der Waals surface area contributed by atoms with Crippen LogP contribution in [-0.4, -0.2) is 46.9 Å². The minimum absolute atomic E-state index is 0.0483. The second-order valence-electron chi connectivity index (χ2n) is 16.1. The van der Waals surface area contributed by atoms with Gasteiger partial charge in [-0.1, -0.05) is 216 Å². The third-order valence-corrected chi connectivity index (χ3v) is 10.6. The highest BCUT2D eigenvalue weighted by atomic mass is 16.5. The summed E-state index contributed by atoms with van der Waals surface area (Å²) in [6.07, 6.45) is 54.3. The van der Waals surface area contributed by atoms with Crippen molar-refractivity contribution in [2.45, 2.75) is 244 Å². The average molecular weight is 798 g/mol. The molecule has 57 heavy (non-hydrogen) atoms. The molecule has 0 rings (SSSR count). The number of amides is 1. The van der Waals surface area contributed by atoms with Crippen molar-refractivity contribution >= 4 is 11.9 Å². The quantitative estimate of drug-likeness (QED) is 0.0325. The van der Waals surface area contributed by atoms with E-state index in [2.05, 4.69) is 80.8 Å². The maximum atomic E-state index is 13.1. The summed E-state index contributed by atoms with van der Waals surface area (Å²) in [4.78, 5) is 26.0. The Bertz CT molecular complexity index is 1030. The fourth-order valence-electron chi connectivity index (χ4n) is 7.01. The SMILES string of the molecule is CC/C=C/C/C=C/C/C=C/C/C=C/C/C=C/CCC(=O)OC(CCCCCCCCCCCC)CC(=O)NC(CO)C(O)CCCCCCCCCCCCCC. The first-order valence-electron chi connectivity index (χ1n) is 24.0. The number of esters is 1. The van der Waals surface area contributed by atoms with Gasteiger partial charge in [0.05, 0.1) is 25.2 Å². The molecule has 0 heterocycles. The van der Waals surface area contributed by atoms with E-state index in [1.165, 1.54) is 103 Å². The molecule has 0 aliphatic heterocycles. The van der Waals surface area contributed by atoms with Gasteiger partial charge >= 0.3 is 5.97 Å². The number of unbranched alkanes of at least 4 members (excludes halogenated alkanes) is 20. The Morgan fingerprint density at radius 1 is 0.526 bits per heavy atom. The van der Waals surface area contributed by atoms with Crippen LogP contribution >= 0.6 is 0 Å². The second kappa shape index (κ2) is 44.7. The van der Waals surface area contributed by atoms with Gasteiger partial charge in [0.25, 0.3) is 0 Å². The van der Waals surface area contributed by atoms with Gasteiger partial charge in [-0.2, -0.15) is 0 Å². The van der Waals surface area contributed by atoms with Gasteiger partial charge < -0.3 is 20.3 Å². The molecule has 6 nitrogen and oxygen atoms in total. The van der Waals surface area contributed by atoms with E-state index in [4.69, 9.17) is 4.74 Å². The summed E-state index contributed by atoms with van der Waals surface area (Å²) in [6, 6.07) is -0.714. The first kappa shape index (κ1) is 54.6. The zero-order chi connectivity index (χ0) is 41.7. The number of hydrogen-bond donors (Lipinski definition) is 3. The normalized spacial score (nSPS) is 13.8. The zero-order valence-corrected chi connectivity index (χ0v) is 37.5. The molecule has 0 saturated heterocycles. The highest BCUT2D eigenvalue weighted by Gasteiger charge is 2.24.